The van der Waals surface area contributed by atoms with Crippen molar-refractivity contribution in [1.82, 2.24) is 0 Å². The summed E-state index contributed by atoms with van der Waals surface area (Å²) in [6, 6.07) is 0. The van der Waals surface area contributed by atoms with Crippen molar-refractivity contribution in [3.8, 4) is 0 Å². The van der Waals surface area contributed by atoms with Gasteiger partial charge in [0.1, 0.15) is 0 Å². The van der Waals surface area contributed by atoms with Gasteiger partial charge in [-0.05, 0) is 25.7 Å². The van der Waals surface area contributed by atoms with Crippen LogP contribution in [-0.2, 0) is 0 Å². The van der Waals surface area contributed by atoms with Crippen molar-refractivity contribution in [2.24, 2.45) is 17.3 Å². The van der Waals surface area contributed by atoms with Crippen LogP contribution in [-0.4, -0.2) is 0 Å². The third-order valence-electron chi connectivity index (χ3n) is 3.62. The van der Waals surface area contributed by atoms with Crippen molar-refractivity contribution in [1.29, 1.82) is 0 Å². The van der Waals surface area contributed by atoms with Gasteiger partial charge in [-0.25, -0.2) is 0 Å². The second-order valence-electron chi connectivity index (χ2n) is 5.11. The molecule has 1 aliphatic rings. The van der Waals surface area contributed by atoms with Gasteiger partial charge in [0.05, 0.1) is 0 Å². The lowest BCUT2D eigenvalue weighted by molar-refractivity contribution is 0.530. The summed E-state index contributed by atoms with van der Waals surface area (Å²) < 4.78 is 0. The largest absolute Gasteiger partial charge is 0.0813 e. The second-order valence-corrected chi connectivity index (χ2v) is 5.11. The fraction of sp³-hybridized carbons (Fsp3) is 0.789. The van der Waals surface area contributed by atoms with E-state index in [1.165, 1.54) is 11.1 Å². The Morgan fingerprint density at radius 1 is 0.842 bits per heavy atom. The molecule has 0 amide bonds. The molecule has 0 aromatic carbocycles. The summed E-state index contributed by atoms with van der Waals surface area (Å²) in [4.78, 5) is 0. The zero-order valence-corrected chi connectivity index (χ0v) is 15.8. The highest BCUT2D eigenvalue weighted by Crippen LogP contribution is 2.37. The average Bonchev–Trinajstić information content (AvgIpc) is 2.49. The first-order valence-electron chi connectivity index (χ1n) is 8.23. The molecule has 0 unspecified atom stereocenters. The Labute approximate surface area is 124 Å². The van der Waals surface area contributed by atoms with E-state index in [2.05, 4.69) is 53.7 Å². The Bertz CT molecular complexity index is 253. The lowest BCUT2D eigenvalue weighted by atomic mass is 9.84. The maximum Gasteiger partial charge on any atom is 0.00342 e. The van der Waals surface area contributed by atoms with Gasteiger partial charge in [0.25, 0.3) is 0 Å². The van der Waals surface area contributed by atoms with Crippen LogP contribution in [0.15, 0.2) is 23.3 Å². The highest BCUT2D eigenvalue weighted by molar-refractivity contribution is 5.26. The van der Waals surface area contributed by atoms with Crippen molar-refractivity contribution in [2.45, 2.75) is 83.1 Å². The number of hydrogen-bond acceptors (Lipinski definition) is 0. The van der Waals surface area contributed by atoms with Crippen molar-refractivity contribution in [2.75, 3.05) is 0 Å². The molecule has 0 nitrogen and oxygen atoms in total. The van der Waals surface area contributed by atoms with E-state index in [1.54, 1.807) is 0 Å². The lowest BCUT2D eigenvalue weighted by Crippen LogP contribution is -2.08. The smallest absolute Gasteiger partial charge is 0.00342 e. The summed E-state index contributed by atoms with van der Waals surface area (Å²) in [5, 5.41) is 0. The molecular formula is C19H40. The molecule has 0 spiro atoms. The highest BCUT2D eigenvalue weighted by atomic mass is 14.3. The Hall–Kier alpha value is -0.520. The first-order valence-corrected chi connectivity index (χ1v) is 8.23. The first kappa shape index (κ1) is 23.6. The Kier molecular flexibility index (Phi) is 15.5. The molecule has 1 rings (SSSR count). The van der Waals surface area contributed by atoms with Crippen LogP contribution in [0.1, 0.15) is 83.1 Å². The Morgan fingerprint density at radius 2 is 1.21 bits per heavy atom. The summed E-state index contributed by atoms with van der Waals surface area (Å²) in [7, 11) is 0. The minimum Gasteiger partial charge on any atom is -0.0813 e. The van der Waals surface area contributed by atoms with Gasteiger partial charge in [-0.1, -0.05) is 92.5 Å². The normalized spacial score (nSPS) is 23.8. The van der Waals surface area contributed by atoms with Gasteiger partial charge >= 0.3 is 0 Å². The van der Waals surface area contributed by atoms with Crippen LogP contribution in [0.3, 0.4) is 0 Å². The minimum absolute atomic E-state index is 0.253. The molecule has 19 heavy (non-hydrogen) atoms. The van der Waals surface area contributed by atoms with E-state index < -0.39 is 0 Å². The SMILES string of the molecule is CC.CC.CC.CC1=CC(C)(C)C(C)=C[C@H](C)[C@@H]1C. The molecular weight excluding hydrogens is 228 g/mol. The zero-order valence-electron chi connectivity index (χ0n) is 15.8. The summed E-state index contributed by atoms with van der Waals surface area (Å²) in [6.07, 6.45) is 4.85. The molecule has 0 N–H and O–H groups in total. The van der Waals surface area contributed by atoms with E-state index in [9.17, 15) is 0 Å². The summed E-state index contributed by atoms with van der Waals surface area (Å²) >= 11 is 0. The topological polar surface area (TPSA) is 0 Å². The number of hydrogen-bond donors (Lipinski definition) is 0. The van der Waals surface area contributed by atoms with Crippen LogP contribution in [0.5, 0.6) is 0 Å². The summed E-state index contributed by atoms with van der Waals surface area (Å²) in [5.74, 6) is 1.37. The molecule has 116 valence electrons. The molecule has 0 heteroatoms. The predicted octanol–water partition coefficient (Wildman–Crippen LogP) is 7.27. The quantitative estimate of drug-likeness (QED) is 0.405. The van der Waals surface area contributed by atoms with E-state index in [0.717, 1.165) is 0 Å². The van der Waals surface area contributed by atoms with Crippen molar-refractivity contribution in [3.63, 3.8) is 0 Å². The molecule has 0 aromatic rings. The van der Waals surface area contributed by atoms with Gasteiger partial charge < -0.3 is 0 Å². The molecule has 0 saturated carbocycles. The van der Waals surface area contributed by atoms with Crippen LogP contribution in [0.2, 0.25) is 0 Å². The summed E-state index contributed by atoms with van der Waals surface area (Å²) in [5.41, 5.74) is 3.29. The van der Waals surface area contributed by atoms with Gasteiger partial charge in [-0.3, -0.25) is 0 Å². The van der Waals surface area contributed by atoms with E-state index >= 15 is 0 Å². The van der Waals surface area contributed by atoms with Crippen LogP contribution in [0.4, 0.5) is 0 Å². The van der Waals surface area contributed by atoms with E-state index in [0.29, 0.717) is 11.8 Å². The Morgan fingerprint density at radius 3 is 1.58 bits per heavy atom. The van der Waals surface area contributed by atoms with Crippen LogP contribution in [0.25, 0.3) is 0 Å². The molecule has 0 fully saturated rings. The van der Waals surface area contributed by atoms with Crippen molar-refractivity contribution in [3.05, 3.63) is 23.3 Å². The van der Waals surface area contributed by atoms with Crippen LogP contribution >= 0.6 is 0 Å². The standard InChI is InChI=1S/C13H22.3C2H6/c1-9-7-11(3)13(5,6)8-10(2)12(9)4;3*1-2/h7-9,12H,1-6H3;3*1-2H3/t9-,12-;;;/m0.../s1. The third kappa shape index (κ3) is 8.29. The Balaban J connectivity index is -0.000000375. The van der Waals surface area contributed by atoms with Gasteiger partial charge in [-0.15, -0.1) is 0 Å². The zero-order chi connectivity index (χ0) is 16.2. The fourth-order valence-electron chi connectivity index (χ4n) is 1.98. The molecule has 0 heterocycles. The maximum absolute atomic E-state index is 2.43. The van der Waals surface area contributed by atoms with Gasteiger partial charge in [0, 0.05) is 5.41 Å². The highest BCUT2D eigenvalue weighted by Gasteiger charge is 2.24. The summed E-state index contributed by atoms with van der Waals surface area (Å²) in [6.45, 7) is 25.7. The third-order valence-corrected chi connectivity index (χ3v) is 3.62. The molecule has 0 aliphatic heterocycles. The monoisotopic (exact) mass is 268 g/mol. The van der Waals surface area contributed by atoms with E-state index in [4.69, 9.17) is 0 Å². The van der Waals surface area contributed by atoms with Crippen molar-refractivity contribution < 1.29 is 0 Å². The van der Waals surface area contributed by atoms with Crippen LogP contribution in [0, 0.1) is 17.3 Å². The van der Waals surface area contributed by atoms with Gasteiger partial charge in [-0.2, -0.15) is 0 Å². The molecule has 0 aromatic heterocycles. The second kappa shape index (κ2) is 12.5. The molecule has 1 aliphatic carbocycles. The number of rotatable bonds is 0. The molecule has 0 saturated heterocycles. The minimum atomic E-state index is 0.253. The van der Waals surface area contributed by atoms with Crippen LogP contribution < -0.4 is 0 Å². The van der Waals surface area contributed by atoms with E-state index in [1.807, 2.05) is 41.5 Å². The predicted molar refractivity (Wildman–Crippen MR) is 93.7 cm³/mol. The first-order chi connectivity index (χ1) is 8.84. The van der Waals surface area contributed by atoms with Gasteiger partial charge in [0.15, 0.2) is 0 Å². The lowest BCUT2D eigenvalue weighted by Gasteiger charge is -2.21. The van der Waals surface area contributed by atoms with Crippen molar-refractivity contribution >= 4 is 0 Å². The fourth-order valence-corrected chi connectivity index (χ4v) is 1.98. The van der Waals surface area contributed by atoms with Gasteiger partial charge in [0.2, 0.25) is 0 Å². The molecule has 0 radical (unpaired) electrons. The molecule has 0 bridgehead atoms. The number of allylic oxidation sites excluding steroid dienone is 4. The molecule has 2 atom stereocenters. The average molecular weight is 269 g/mol. The maximum atomic E-state index is 2.43. The van der Waals surface area contributed by atoms with E-state index in [-0.39, 0.29) is 5.41 Å².